The molecule has 0 spiro atoms. The zero-order valence-electron chi connectivity index (χ0n) is 9.74. The van der Waals surface area contributed by atoms with Crippen molar-refractivity contribution < 1.29 is 14.3 Å². The molecule has 0 saturated heterocycles. The number of carbonyl (C=O) groups is 1. The average Bonchev–Trinajstić information content (AvgIpc) is 2.82. The van der Waals surface area contributed by atoms with E-state index >= 15 is 0 Å². The molecule has 4 nitrogen and oxygen atoms in total. The quantitative estimate of drug-likeness (QED) is 0.661. The van der Waals surface area contributed by atoms with Crippen LogP contribution in [0.5, 0.6) is 5.75 Å². The van der Waals surface area contributed by atoms with Crippen molar-refractivity contribution in [3.63, 3.8) is 0 Å². The van der Waals surface area contributed by atoms with Crippen LogP contribution in [0.3, 0.4) is 0 Å². The predicted molar refractivity (Wildman–Crippen MR) is 69.1 cm³/mol. The first-order valence-electron chi connectivity index (χ1n) is 5.36. The highest BCUT2D eigenvalue weighted by Crippen LogP contribution is 2.24. The Morgan fingerprint density at radius 2 is 2.17 bits per heavy atom. The summed E-state index contributed by atoms with van der Waals surface area (Å²) in [6.45, 7) is 1.87. The van der Waals surface area contributed by atoms with E-state index < -0.39 is 5.91 Å². The zero-order chi connectivity index (χ0) is 13.1. The van der Waals surface area contributed by atoms with Gasteiger partial charge in [0.1, 0.15) is 11.5 Å². The third kappa shape index (κ3) is 2.65. The number of amides is 1. The second-order valence-electron chi connectivity index (χ2n) is 3.87. The van der Waals surface area contributed by atoms with Crippen molar-refractivity contribution in [1.29, 1.82) is 0 Å². The molecular formula is C13H12ClNO3. The van der Waals surface area contributed by atoms with Gasteiger partial charge in [-0.1, -0.05) is 6.07 Å². The summed E-state index contributed by atoms with van der Waals surface area (Å²) >= 11 is 5.59. The first-order chi connectivity index (χ1) is 8.60. The molecule has 2 aromatic rings. The fraction of sp³-hybridized carbons (Fsp3) is 0.154. The summed E-state index contributed by atoms with van der Waals surface area (Å²) in [7, 11) is 0. The van der Waals surface area contributed by atoms with Gasteiger partial charge in [-0.15, -0.1) is 11.6 Å². The SMILES string of the molecule is Cc1ccc(O)c(NC(=O)c2ccc(CCl)o2)c1. The van der Waals surface area contributed by atoms with Crippen LogP contribution in [0.2, 0.25) is 0 Å². The van der Waals surface area contributed by atoms with Gasteiger partial charge in [0.25, 0.3) is 5.91 Å². The van der Waals surface area contributed by atoms with E-state index in [2.05, 4.69) is 5.32 Å². The molecule has 0 aliphatic rings. The van der Waals surface area contributed by atoms with Crippen LogP contribution in [0.1, 0.15) is 21.9 Å². The van der Waals surface area contributed by atoms with Gasteiger partial charge in [-0.3, -0.25) is 4.79 Å². The molecule has 0 atom stereocenters. The number of phenolic OH excluding ortho intramolecular Hbond substituents is 1. The highest BCUT2D eigenvalue weighted by molar-refractivity contribution is 6.16. The second-order valence-corrected chi connectivity index (χ2v) is 4.14. The molecule has 0 fully saturated rings. The van der Waals surface area contributed by atoms with E-state index in [4.69, 9.17) is 16.0 Å². The van der Waals surface area contributed by atoms with Crippen LogP contribution in [0.15, 0.2) is 34.7 Å². The van der Waals surface area contributed by atoms with Crippen LogP contribution in [-0.4, -0.2) is 11.0 Å². The Kier molecular flexibility index (Phi) is 3.58. The number of anilines is 1. The number of carbonyl (C=O) groups excluding carboxylic acids is 1. The Labute approximate surface area is 109 Å². The molecule has 18 heavy (non-hydrogen) atoms. The molecular weight excluding hydrogens is 254 g/mol. The maximum absolute atomic E-state index is 11.8. The molecule has 1 aromatic carbocycles. The number of alkyl halides is 1. The molecule has 5 heteroatoms. The van der Waals surface area contributed by atoms with Gasteiger partial charge in [0.2, 0.25) is 0 Å². The molecule has 0 aliphatic carbocycles. The van der Waals surface area contributed by atoms with Crippen molar-refractivity contribution >= 4 is 23.2 Å². The molecule has 0 radical (unpaired) electrons. The maximum atomic E-state index is 11.8. The van der Waals surface area contributed by atoms with E-state index in [1.165, 1.54) is 6.07 Å². The Morgan fingerprint density at radius 1 is 1.39 bits per heavy atom. The number of phenols is 1. The molecule has 1 amide bonds. The first kappa shape index (κ1) is 12.5. The monoisotopic (exact) mass is 265 g/mol. The van der Waals surface area contributed by atoms with Crippen molar-refractivity contribution in [2.24, 2.45) is 0 Å². The topological polar surface area (TPSA) is 62.5 Å². The Hall–Kier alpha value is -1.94. The van der Waals surface area contributed by atoms with E-state index in [1.807, 2.05) is 6.92 Å². The first-order valence-corrected chi connectivity index (χ1v) is 5.89. The molecule has 2 rings (SSSR count). The Bertz CT molecular complexity index is 577. The summed E-state index contributed by atoms with van der Waals surface area (Å²) < 4.78 is 5.21. The van der Waals surface area contributed by atoms with E-state index in [9.17, 15) is 9.90 Å². The minimum Gasteiger partial charge on any atom is -0.506 e. The smallest absolute Gasteiger partial charge is 0.291 e. The summed E-state index contributed by atoms with van der Waals surface area (Å²) in [4.78, 5) is 11.8. The van der Waals surface area contributed by atoms with Crippen molar-refractivity contribution in [2.75, 3.05) is 5.32 Å². The average molecular weight is 266 g/mol. The lowest BCUT2D eigenvalue weighted by Gasteiger charge is -2.06. The number of benzene rings is 1. The largest absolute Gasteiger partial charge is 0.506 e. The molecule has 0 saturated carbocycles. The van der Waals surface area contributed by atoms with Gasteiger partial charge < -0.3 is 14.8 Å². The van der Waals surface area contributed by atoms with Gasteiger partial charge in [-0.2, -0.15) is 0 Å². The van der Waals surface area contributed by atoms with Crippen LogP contribution < -0.4 is 5.32 Å². The fourth-order valence-electron chi connectivity index (χ4n) is 1.51. The van der Waals surface area contributed by atoms with Crippen LogP contribution in [-0.2, 0) is 5.88 Å². The molecule has 0 unspecified atom stereocenters. The van der Waals surface area contributed by atoms with Gasteiger partial charge in [0.15, 0.2) is 5.76 Å². The van der Waals surface area contributed by atoms with Crippen LogP contribution in [0.25, 0.3) is 0 Å². The Morgan fingerprint density at radius 3 is 2.83 bits per heavy atom. The summed E-state index contributed by atoms with van der Waals surface area (Å²) in [5.41, 5.74) is 1.29. The predicted octanol–water partition coefficient (Wildman–Crippen LogP) is 3.28. The number of rotatable bonds is 3. The Balaban J connectivity index is 2.18. The van der Waals surface area contributed by atoms with Crippen LogP contribution in [0, 0.1) is 6.92 Å². The van der Waals surface area contributed by atoms with Gasteiger partial charge in [0.05, 0.1) is 11.6 Å². The number of hydrogen-bond donors (Lipinski definition) is 2. The number of aromatic hydroxyl groups is 1. The summed E-state index contributed by atoms with van der Waals surface area (Å²) in [5, 5.41) is 12.2. The number of nitrogens with one attached hydrogen (secondary N) is 1. The minimum absolute atomic E-state index is 0.0121. The van der Waals surface area contributed by atoms with Crippen LogP contribution >= 0.6 is 11.6 Å². The van der Waals surface area contributed by atoms with Crippen molar-refractivity contribution in [1.82, 2.24) is 0 Å². The summed E-state index contributed by atoms with van der Waals surface area (Å²) in [6.07, 6.45) is 0. The van der Waals surface area contributed by atoms with Crippen molar-refractivity contribution in [3.05, 3.63) is 47.4 Å². The number of aryl methyl sites for hydroxylation is 1. The highest BCUT2D eigenvalue weighted by atomic mass is 35.5. The standard InChI is InChI=1S/C13H12ClNO3/c1-8-2-4-11(16)10(6-8)15-13(17)12-5-3-9(7-14)18-12/h2-6,16H,7H2,1H3,(H,15,17). The summed E-state index contributed by atoms with van der Waals surface area (Å²) in [5.74, 6) is 0.482. The van der Waals surface area contributed by atoms with Gasteiger partial charge in [-0.05, 0) is 36.8 Å². The van der Waals surface area contributed by atoms with E-state index in [0.29, 0.717) is 11.4 Å². The minimum atomic E-state index is -0.424. The van der Waals surface area contributed by atoms with Gasteiger partial charge in [0, 0.05) is 0 Å². The van der Waals surface area contributed by atoms with Gasteiger partial charge >= 0.3 is 0 Å². The zero-order valence-corrected chi connectivity index (χ0v) is 10.5. The molecule has 0 aliphatic heterocycles. The lowest BCUT2D eigenvalue weighted by Crippen LogP contribution is -2.11. The second kappa shape index (κ2) is 5.14. The molecule has 1 heterocycles. The number of furan rings is 1. The van der Waals surface area contributed by atoms with E-state index in [1.54, 1.807) is 24.3 Å². The third-order valence-corrected chi connectivity index (χ3v) is 2.68. The van der Waals surface area contributed by atoms with Crippen molar-refractivity contribution in [3.8, 4) is 5.75 Å². The fourth-order valence-corrected chi connectivity index (χ4v) is 1.65. The van der Waals surface area contributed by atoms with Crippen LogP contribution in [0.4, 0.5) is 5.69 Å². The normalized spacial score (nSPS) is 10.3. The van der Waals surface area contributed by atoms with E-state index in [-0.39, 0.29) is 17.4 Å². The highest BCUT2D eigenvalue weighted by Gasteiger charge is 2.13. The summed E-state index contributed by atoms with van der Waals surface area (Å²) in [6, 6.07) is 8.14. The molecule has 0 bridgehead atoms. The van der Waals surface area contributed by atoms with Crippen molar-refractivity contribution in [2.45, 2.75) is 12.8 Å². The number of hydrogen-bond acceptors (Lipinski definition) is 3. The molecule has 1 aromatic heterocycles. The lowest BCUT2D eigenvalue weighted by molar-refractivity contribution is 0.0995. The lowest BCUT2D eigenvalue weighted by atomic mass is 10.2. The third-order valence-electron chi connectivity index (χ3n) is 2.42. The van der Waals surface area contributed by atoms with E-state index in [0.717, 1.165) is 5.56 Å². The molecule has 94 valence electrons. The van der Waals surface area contributed by atoms with Gasteiger partial charge in [-0.25, -0.2) is 0 Å². The molecule has 2 N–H and O–H groups in total. The maximum Gasteiger partial charge on any atom is 0.291 e. The number of halogens is 1.